The number of benzene rings is 3. The molecule has 0 radical (unpaired) electrons. The maximum atomic E-state index is 12.8. The van der Waals surface area contributed by atoms with Crippen LogP contribution in [-0.4, -0.2) is 18.4 Å². The van der Waals surface area contributed by atoms with E-state index in [1.54, 1.807) is 24.3 Å². The minimum atomic E-state index is -0.353. The molecule has 0 aliphatic heterocycles. The molecule has 5 heteroatoms. The number of amides is 2. The third kappa shape index (κ3) is 5.57. The Morgan fingerprint density at radius 3 is 2.09 bits per heavy atom. The van der Waals surface area contributed by atoms with Gasteiger partial charge in [0.15, 0.2) is 5.76 Å². The van der Waals surface area contributed by atoms with Crippen LogP contribution < -0.4 is 10.6 Å². The van der Waals surface area contributed by atoms with E-state index in [4.69, 9.17) is 4.42 Å². The fourth-order valence-corrected chi connectivity index (χ4v) is 3.82. The first-order valence-electron chi connectivity index (χ1n) is 11.0. The van der Waals surface area contributed by atoms with Crippen molar-refractivity contribution in [2.45, 2.75) is 19.3 Å². The minimum Gasteiger partial charge on any atom is -0.459 e. The SMILES string of the molecule is Cc1ccc(C(=O)NCCC(c2ccccc2)c2ccccc2)cc1NC(=O)c1ccco1. The summed E-state index contributed by atoms with van der Waals surface area (Å²) in [6, 6.07) is 29.2. The zero-order valence-corrected chi connectivity index (χ0v) is 18.5. The number of hydrogen-bond donors (Lipinski definition) is 2. The predicted molar refractivity (Wildman–Crippen MR) is 130 cm³/mol. The summed E-state index contributed by atoms with van der Waals surface area (Å²) in [6.45, 7) is 2.40. The lowest BCUT2D eigenvalue weighted by atomic mass is 9.88. The van der Waals surface area contributed by atoms with Gasteiger partial charge in [-0.2, -0.15) is 0 Å². The predicted octanol–water partition coefficient (Wildman–Crippen LogP) is 5.79. The normalized spacial score (nSPS) is 10.7. The Balaban J connectivity index is 1.42. The van der Waals surface area contributed by atoms with Crippen LogP contribution in [0.3, 0.4) is 0 Å². The number of aryl methyl sites for hydroxylation is 1. The van der Waals surface area contributed by atoms with E-state index >= 15 is 0 Å². The molecule has 1 aromatic heterocycles. The fourth-order valence-electron chi connectivity index (χ4n) is 3.82. The second-order valence-electron chi connectivity index (χ2n) is 7.88. The first-order valence-corrected chi connectivity index (χ1v) is 11.0. The molecule has 0 spiro atoms. The molecule has 2 N–H and O–H groups in total. The molecular formula is C28H26N2O3. The minimum absolute atomic E-state index is 0.177. The van der Waals surface area contributed by atoms with Gasteiger partial charge in [-0.1, -0.05) is 66.7 Å². The number of hydrogen-bond acceptors (Lipinski definition) is 3. The number of rotatable bonds is 8. The van der Waals surface area contributed by atoms with Crippen molar-refractivity contribution in [1.82, 2.24) is 5.32 Å². The average Bonchev–Trinajstić information content (AvgIpc) is 3.39. The van der Waals surface area contributed by atoms with Crippen molar-refractivity contribution in [2.75, 3.05) is 11.9 Å². The molecule has 0 unspecified atom stereocenters. The van der Waals surface area contributed by atoms with Gasteiger partial charge in [-0.25, -0.2) is 0 Å². The summed E-state index contributed by atoms with van der Waals surface area (Å²) in [7, 11) is 0. The van der Waals surface area contributed by atoms with E-state index in [0.29, 0.717) is 17.8 Å². The van der Waals surface area contributed by atoms with E-state index < -0.39 is 0 Å². The number of nitrogens with one attached hydrogen (secondary N) is 2. The molecule has 5 nitrogen and oxygen atoms in total. The first-order chi connectivity index (χ1) is 16.1. The standard InChI is InChI=1S/C28H26N2O3/c1-20-14-15-23(19-25(20)30-28(32)26-13-8-18-33-26)27(31)29-17-16-24(21-9-4-2-5-10-21)22-11-6-3-7-12-22/h2-15,18-19,24H,16-17H2,1H3,(H,29,31)(H,30,32). The molecule has 2 amide bonds. The number of carbonyl (C=O) groups is 2. The Hall–Kier alpha value is -4.12. The highest BCUT2D eigenvalue weighted by atomic mass is 16.3. The van der Waals surface area contributed by atoms with Gasteiger partial charge in [0, 0.05) is 23.7 Å². The maximum Gasteiger partial charge on any atom is 0.291 e. The van der Waals surface area contributed by atoms with Crippen LogP contribution in [0.2, 0.25) is 0 Å². The van der Waals surface area contributed by atoms with Crippen LogP contribution in [0.1, 0.15) is 49.9 Å². The zero-order chi connectivity index (χ0) is 23.0. The van der Waals surface area contributed by atoms with Gasteiger partial charge in [0.05, 0.1) is 6.26 Å². The van der Waals surface area contributed by atoms with Gasteiger partial charge in [-0.05, 0) is 54.3 Å². The molecule has 0 aliphatic carbocycles. The fraction of sp³-hybridized carbons (Fsp3) is 0.143. The van der Waals surface area contributed by atoms with Gasteiger partial charge >= 0.3 is 0 Å². The lowest BCUT2D eigenvalue weighted by Crippen LogP contribution is -2.26. The lowest BCUT2D eigenvalue weighted by molar-refractivity contribution is 0.0950. The average molecular weight is 439 g/mol. The van der Waals surface area contributed by atoms with E-state index in [-0.39, 0.29) is 23.5 Å². The van der Waals surface area contributed by atoms with Crippen molar-refractivity contribution in [3.8, 4) is 0 Å². The Morgan fingerprint density at radius 1 is 0.818 bits per heavy atom. The number of carbonyl (C=O) groups excluding carboxylic acids is 2. The highest BCUT2D eigenvalue weighted by Crippen LogP contribution is 2.27. The Morgan fingerprint density at radius 2 is 1.48 bits per heavy atom. The van der Waals surface area contributed by atoms with Crippen molar-refractivity contribution in [3.05, 3.63) is 125 Å². The monoisotopic (exact) mass is 438 g/mol. The molecule has 33 heavy (non-hydrogen) atoms. The largest absolute Gasteiger partial charge is 0.459 e. The smallest absolute Gasteiger partial charge is 0.291 e. The number of anilines is 1. The molecule has 4 rings (SSSR count). The third-order valence-electron chi connectivity index (χ3n) is 5.62. The van der Waals surface area contributed by atoms with Crippen LogP contribution in [0.25, 0.3) is 0 Å². The molecule has 0 saturated carbocycles. The van der Waals surface area contributed by atoms with Crippen LogP contribution in [0.4, 0.5) is 5.69 Å². The molecule has 0 bridgehead atoms. The van der Waals surface area contributed by atoms with Gasteiger partial charge in [0.25, 0.3) is 11.8 Å². The summed E-state index contributed by atoms with van der Waals surface area (Å²) in [6.07, 6.45) is 2.22. The Bertz CT molecular complexity index is 1160. The van der Waals surface area contributed by atoms with E-state index in [1.807, 2.05) is 49.4 Å². The third-order valence-corrected chi connectivity index (χ3v) is 5.62. The summed E-state index contributed by atoms with van der Waals surface area (Å²) in [4.78, 5) is 25.2. The summed E-state index contributed by atoms with van der Waals surface area (Å²) >= 11 is 0. The molecule has 0 fully saturated rings. The molecule has 4 aromatic rings. The maximum absolute atomic E-state index is 12.8. The summed E-state index contributed by atoms with van der Waals surface area (Å²) < 4.78 is 5.14. The van der Waals surface area contributed by atoms with E-state index in [1.165, 1.54) is 17.4 Å². The quantitative estimate of drug-likeness (QED) is 0.366. The molecule has 0 saturated heterocycles. The van der Waals surface area contributed by atoms with Crippen molar-refractivity contribution in [3.63, 3.8) is 0 Å². The second-order valence-corrected chi connectivity index (χ2v) is 7.88. The highest BCUT2D eigenvalue weighted by Gasteiger charge is 2.16. The zero-order valence-electron chi connectivity index (χ0n) is 18.5. The van der Waals surface area contributed by atoms with Gasteiger partial charge in [0.1, 0.15) is 0 Å². The van der Waals surface area contributed by atoms with E-state index in [0.717, 1.165) is 12.0 Å². The second kappa shape index (κ2) is 10.5. The lowest BCUT2D eigenvalue weighted by Gasteiger charge is -2.18. The Kier molecular flexibility index (Phi) is 7.00. The van der Waals surface area contributed by atoms with Crippen LogP contribution >= 0.6 is 0 Å². The highest BCUT2D eigenvalue weighted by molar-refractivity contribution is 6.03. The molecule has 166 valence electrons. The number of furan rings is 1. The van der Waals surface area contributed by atoms with E-state index in [9.17, 15) is 9.59 Å². The molecular weight excluding hydrogens is 412 g/mol. The van der Waals surface area contributed by atoms with Crippen LogP contribution in [0.5, 0.6) is 0 Å². The van der Waals surface area contributed by atoms with Crippen LogP contribution in [0.15, 0.2) is 102 Å². The van der Waals surface area contributed by atoms with Crippen LogP contribution in [0, 0.1) is 6.92 Å². The van der Waals surface area contributed by atoms with E-state index in [2.05, 4.69) is 34.9 Å². The van der Waals surface area contributed by atoms with Gasteiger partial charge in [-0.3, -0.25) is 9.59 Å². The summed E-state index contributed by atoms with van der Waals surface area (Å²) in [5.74, 6) is -0.122. The first kappa shape index (κ1) is 22.1. The molecule has 0 atom stereocenters. The Labute approximate surface area is 193 Å². The van der Waals surface area contributed by atoms with Crippen molar-refractivity contribution in [2.24, 2.45) is 0 Å². The van der Waals surface area contributed by atoms with Gasteiger partial charge in [-0.15, -0.1) is 0 Å². The summed E-state index contributed by atoms with van der Waals surface area (Å²) in [5.41, 5.74) is 4.37. The van der Waals surface area contributed by atoms with Crippen LogP contribution in [-0.2, 0) is 0 Å². The molecule has 0 aliphatic rings. The van der Waals surface area contributed by atoms with Crippen molar-refractivity contribution < 1.29 is 14.0 Å². The van der Waals surface area contributed by atoms with Crippen molar-refractivity contribution in [1.29, 1.82) is 0 Å². The van der Waals surface area contributed by atoms with Crippen molar-refractivity contribution >= 4 is 17.5 Å². The summed E-state index contributed by atoms with van der Waals surface area (Å²) in [5, 5.41) is 5.84. The topological polar surface area (TPSA) is 71.3 Å². The van der Waals surface area contributed by atoms with Gasteiger partial charge in [0.2, 0.25) is 0 Å². The molecule has 3 aromatic carbocycles. The van der Waals surface area contributed by atoms with Gasteiger partial charge < -0.3 is 15.1 Å². The molecule has 1 heterocycles.